The molecule has 3 nitrogen and oxygen atoms in total. The van der Waals surface area contributed by atoms with Crippen molar-refractivity contribution in [2.45, 2.75) is 38.8 Å². The second-order valence-electron chi connectivity index (χ2n) is 8.20. The third kappa shape index (κ3) is 5.30. The highest BCUT2D eigenvalue weighted by Gasteiger charge is 2.27. The maximum Gasteiger partial charge on any atom is 0.165 e. The van der Waals surface area contributed by atoms with Crippen LogP contribution in [0.15, 0.2) is 89.6 Å². The van der Waals surface area contributed by atoms with Crippen molar-refractivity contribution in [3.63, 3.8) is 0 Å². The number of aliphatic imine (C=N–C) groups is 1. The Labute approximate surface area is 193 Å². The van der Waals surface area contributed by atoms with E-state index in [0.29, 0.717) is 24.1 Å². The predicted octanol–water partition coefficient (Wildman–Crippen LogP) is 6.60. The van der Waals surface area contributed by atoms with Crippen LogP contribution in [0.2, 0.25) is 0 Å². The summed E-state index contributed by atoms with van der Waals surface area (Å²) in [6.07, 6.45) is 4.33. The molecule has 3 aromatic rings. The number of benzene rings is 3. The molecule has 5 heteroatoms. The summed E-state index contributed by atoms with van der Waals surface area (Å²) >= 11 is 0. The Morgan fingerprint density at radius 1 is 0.848 bits per heavy atom. The Balaban J connectivity index is 1.64. The number of hydrogen-bond donors (Lipinski definition) is 1. The molecule has 0 aromatic heterocycles. The van der Waals surface area contributed by atoms with Crippen molar-refractivity contribution >= 4 is 5.71 Å². The lowest BCUT2D eigenvalue weighted by molar-refractivity contribution is 0.274. The van der Waals surface area contributed by atoms with Gasteiger partial charge < -0.3 is 10.0 Å². The summed E-state index contributed by atoms with van der Waals surface area (Å²) in [7, 11) is 0. The van der Waals surface area contributed by atoms with Crippen LogP contribution in [-0.4, -0.2) is 22.3 Å². The summed E-state index contributed by atoms with van der Waals surface area (Å²) in [5, 5.41) is 10.5. The van der Waals surface area contributed by atoms with Crippen molar-refractivity contribution in [1.82, 2.24) is 4.90 Å². The van der Waals surface area contributed by atoms with E-state index in [4.69, 9.17) is 4.99 Å². The van der Waals surface area contributed by atoms with Crippen LogP contribution in [0.1, 0.15) is 42.6 Å². The zero-order chi connectivity index (χ0) is 23.2. The number of rotatable bonds is 8. The van der Waals surface area contributed by atoms with Crippen molar-refractivity contribution < 1.29 is 13.9 Å². The third-order valence-electron chi connectivity index (χ3n) is 6.05. The first-order valence-electron chi connectivity index (χ1n) is 11.3. The quantitative estimate of drug-likeness (QED) is 0.423. The fraction of sp³-hybridized carbons (Fsp3) is 0.250. The molecule has 0 fully saturated rings. The Bertz CT molecular complexity index is 1160. The summed E-state index contributed by atoms with van der Waals surface area (Å²) < 4.78 is 28.4. The standard InChI is InChI=1S/C28H28F2N2O/c1-2-21-19-32(18-17-22-11-6-7-13-24(22)29)28(23-12-8-14-25(30)27(23)33)31-26(21)16-15-20-9-4-3-5-10-20/h3-14,19,28,33H,2,15-18H2,1H3. The van der Waals surface area contributed by atoms with Crippen LogP contribution in [0.4, 0.5) is 8.78 Å². The van der Waals surface area contributed by atoms with Crippen molar-refractivity contribution in [1.29, 1.82) is 0 Å². The van der Waals surface area contributed by atoms with Crippen molar-refractivity contribution in [2.24, 2.45) is 4.99 Å². The highest BCUT2D eigenvalue weighted by atomic mass is 19.1. The molecule has 1 N–H and O–H groups in total. The van der Waals surface area contributed by atoms with Crippen LogP contribution < -0.4 is 0 Å². The minimum Gasteiger partial charge on any atom is -0.505 e. The number of aryl methyl sites for hydroxylation is 1. The van der Waals surface area contributed by atoms with E-state index in [1.165, 1.54) is 17.7 Å². The van der Waals surface area contributed by atoms with Gasteiger partial charge in [0, 0.05) is 24.0 Å². The topological polar surface area (TPSA) is 35.8 Å². The van der Waals surface area contributed by atoms with E-state index in [2.05, 4.69) is 19.1 Å². The van der Waals surface area contributed by atoms with Gasteiger partial charge in [0.2, 0.25) is 0 Å². The van der Waals surface area contributed by atoms with Crippen LogP contribution in [0, 0.1) is 11.6 Å². The molecule has 0 aliphatic carbocycles. The SMILES string of the molecule is CCC1=CN(CCc2ccccc2F)C(c2cccc(F)c2O)N=C1CCc1ccccc1. The van der Waals surface area contributed by atoms with Gasteiger partial charge in [0.1, 0.15) is 5.82 Å². The van der Waals surface area contributed by atoms with Gasteiger partial charge >= 0.3 is 0 Å². The molecule has 1 aliphatic rings. The molecular weight excluding hydrogens is 418 g/mol. The number of para-hydroxylation sites is 1. The first-order chi connectivity index (χ1) is 16.1. The molecule has 0 bridgehead atoms. The van der Waals surface area contributed by atoms with E-state index in [1.807, 2.05) is 35.4 Å². The summed E-state index contributed by atoms with van der Waals surface area (Å²) in [5.74, 6) is -1.31. The van der Waals surface area contributed by atoms with Crippen LogP contribution in [0.5, 0.6) is 5.75 Å². The number of allylic oxidation sites excluding steroid dienone is 1. The molecule has 0 amide bonds. The van der Waals surface area contributed by atoms with Gasteiger partial charge in [-0.15, -0.1) is 0 Å². The lowest BCUT2D eigenvalue weighted by Gasteiger charge is -2.34. The Morgan fingerprint density at radius 2 is 1.58 bits per heavy atom. The maximum absolute atomic E-state index is 14.2. The molecular formula is C28H28F2N2O. The highest BCUT2D eigenvalue weighted by Crippen LogP contribution is 2.36. The van der Waals surface area contributed by atoms with Crippen LogP contribution in [-0.2, 0) is 12.8 Å². The number of phenols is 1. The van der Waals surface area contributed by atoms with Gasteiger partial charge in [-0.1, -0.05) is 67.6 Å². The molecule has 0 radical (unpaired) electrons. The minimum atomic E-state index is -0.673. The van der Waals surface area contributed by atoms with Gasteiger partial charge in [-0.3, -0.25) is 4.99 Å². The lowest BCUT2D eigenvalue weighted by Crippen LogP contribution is -2.31. The molecule has 1 heterocycles. The molecule has 0 spiro atoms. The average molecular weight is 447 g/mol. The monoisotopic (exact) mass is 446 g/mol. The number of phenolic OH excluding ortho intramolecular Hbond substituents is 1. The third-order valence-corrected chi connectivity index (χ3v) is 6.05. The summed E-state index contributed by atoms with van der Waals surface area (Å²) in [6, 6.07) is 21.4. The van der Waals surface area contributed by atoms with E-state index in [0.717, 1.165) is 30.5 Å². The zero-order valence-electron chi connectivity index (χ0n) is 18.7. The smallest absolute Gasteiger partial charge is 0.165 e. The zero-order valence-corrected chi connectivity index (χ0v) is 18.7. The Hall–Kier alpha value is -3.47. The Morgan fingerprint density at radius 3 is 2.33 bits per heavy atom. The summed E-state index contributed by atoms with van der Waals surface area (Å²) in [5.41, 5.74) is 4.31. The van der Waals surface area contributed by atoms with E-state index >= 15 is 0 Å². The molecule has 1 atom stereocenters. The molecule has 33 heavy (non-hydrogen) atoms. The molecule has 1 unspecified atom stereocenters. The molecule has 0 saturated heterocycles. The highest BCUT2D eigenvalue weighted by molar-refractivity contribution is 6.00. The van der Waals surface area contributed by atoms with E-state index in [-0.39, 0.29) is 5.82 Å². The molecule has 4 rings (SSSR count). The largest absolute Gasteiger partial charge is 0.505 e. The maximum atomic E-state index is 14.2. The van der Waals surface area contributed by atoms with Crippen LogP contribution >= 0.6 is 0 Å². The van der Waals surface area contributed by atoms with Gasteiger partial charge in [0.25, 0.3) is 0 Å². The van der Waals surface area contributed by atoms with Crippen LogP contribution in [0.3, 0.4) is 0 Å². The second kappa shape index (κ2) is 10.4. The predicted molar refractivity (Wildman–Crippen MR) is 128 cm³/mol. The first-order valence-corrected chi connectivity index (χ1v) is 11.3. The molecule has 170 valence electrons. The van der Waals surface area contributed by atoms with Crippen LogP contribution in [0.25, 0.3) is 0 Å². The number of hydrogen-bond acceptors (Lipinski definition) is 3. The normalized spacial score (nSPS) is 15.8. The number of aromatic hydroxyl groups is 1. The number of halogens is 2. The van der Waals surface area contributed by atoms with E-state index in [1.54, 1.807) is 24.3 Å². The minimum absolute atomic E-state index is 0.244. The van der Waals surface area contributed by atoms with Gasteiger partial charge in [-0.25, -0.2) is 8.78 Å². The lowest BCUT2D eigenvalue weighted by atomic mass is 9.98. The Kier molecular flexibility index (Phi) is 7.18. The molecule has 1 aliphatic heterocycles. The summed E-state index contributed by atoms with van der Waals surface area (Å²) in [6.45, 7) is 2.57. The number of nitrogens with zero attached hydrogens (tertiary/aromatic N) is 2. The fourth-order valence-corrected chi connectivity index (χ4v) is 4.20. The van der Waals surface area contributed by atoms with E-state index in [9.17, 15) is 13.9 Å². The van der Waals surface area contributed by atoms with E-state index < -0.39 is 17.7 Å². The van der Waals surface area contributed by atoms with Crippen molar-refractivity contribution in [3.8, 4) is 5.75 Å². The van der Waals surface area contributed by atoms with Gasteiger partial charge in [0.05, 0.1) is 0 Å². The molecule has 0 saturated carbocycles. The second-order valence-corrected chi connectivity index (χ2v) is 8.20. The fourth-order valence-electron chi connectivity index (χ4n) is 4.20. The first kappa shape index (κ1) is 22.7. The van der Waals surface area contributed by atoms with Gasteiger partial charge in [0.15, 0.2) is 17.7 Å². The summed E-state index contributed by atoms with van der Waals surface area (Å²) in [4.78, 5) is 6.97. The van der Waals surface area contributed by atoms with Gasteiger partial charge in [-0.2, -0.15) is 0 Å². The van der Waals surface area contributed by atoms with Crippen molar-refractivity contribution in [2.75, 3.05) is 6.54 Å². The van der Waals surface area contributed by atoms with Crippen molar-refractivity contribution in [3.05, 3.63) is 113 Å². The van der Waals surface area contributed by atoms with Gasteiger partial charge in [-0.05, 0) is 54.5 Å². The average Bonchev–Trinajstić information content (AvgIpc) is 2.84. The molecule has 3 aromatic carbocycles.